The van der Waals surface area contributed by atoms with Crippen molar-refractivity contribution in [2.75, 3.05) is 7.11 Å². The summed E-state index contributed by atoms with van der Waals surface area (Å²) in [5.74, 6) is 0.155. The monoisotopic (exact) mass is 319 g/mol. The number of rotatable bonds is 6. The number of alkyl halides is 2. The van der Waals surface area contributed by atoms with Crippen molar-refractivity contribution in [3.05, 3.63) is 28.8 Å². The van der Waals surface area contributed by atoms with Gasteiger partial charge in [0.15, 0.2) is 0 Å². The topological polar surface area (TPSA) is 30.5 Å². The van der Waals surface area contributed by atoms with E-state index < -0.39 is 6.61 Å². The molecule has 3 nitrogen and oxygen atoms in total. The third-order valence-corrected chi connectivity index (χ3v) is 4.47. The van der Waals surface area contributed by atoms with Crippen LogP contribution in [0.4, 0.5) is 8.78 Å². The lowest BCUT2D eigenvalue weighted by atomic mass is 9.64. The zero-order valence-corrected chi connectivity index (χ0v) is 13.1. The number of methoxy groups -OCH3 is 1. The van der Waals surface area contributed by atoms with Gasteiger partial charge in [0.05, 0.1) is 6.10 Å². The smallest absolute Gasteiger partial charge is 0.387 e. The lowest BCUT2D eigenvalue weighted by molar-refractivity contribution is -0.0980. The van der Waals surface area contributed by atoms with Crippen LogP contribution >= 0.6 is 11.6 Å². The molecule has 1 aliphatic rings. The molecule has 0 amide bonds. The van der Waals surface area contributed by atoms with Crippen LogP contribution in [-0.4, -0.2) is 25.9 Å². The van der Waals surface area contributed by atoms with Crippen molar-refractivity contribution < 1.29 is 18.3 Å². The lowest BCUT2D eigenvalue weighted by Gasteiger charge is -2.51. The molecule has 1 aromatic rings. The van der Waals surface area contributed by atoms with Gasteiger partial charge in [0.2, 0.25) is 0 Å². The largest absolute Gasteiger partial charge is 0.434 e. The standard InChI is InChI=1S/C15H20ClF2NO2/c1-15(2)12(7-13(15)20-3)19-8-9-6-10(16)4-5-11(9)21-14(17)18/h4-6,12-14,19H,7-8H2,1-3H3. The molecule has 1 aliphatic carbocycles. The molecule has 2 unspecified atom stereocenters. The molecule has 2 atom stereocenters. The Morgan fingerprint density at radius 2 is 2.14 bits per heavy atom. The average Bonchev–Trinajstić information content (AvgIpc) is 2.40. The van der Waals surface area contributed by atoms with E-state index in [9.17, 15) is 8.78 Å². The van der Waals surface area contributed by atoms with Gasteiger partial charge < -0.3 is 14.8 Å². The van der Waals surface area contributed by atoms with Crippen LogP contribution in [0.15, 0.2) is 18.2 Å². The third kappa shape index (κ3) is 3.65. The Bertz CT molecular complexity index is 497. The highest BCUT2D eigenvalue weighted by Crippen LogP contribution is 2.42. The van der Waals surface area contributed by atoms with Crippen molar-refractivity contribution in [2.45, 2.75) is 45.6 Å². The molecule has 0 aromatic heterocycles. The highest BCUT2D eigenvalue weighted by atomic mass is 35.5. The van der Waals surface area contributed by atoms with Crippen LogP contribution in [-0.2, 0) is 11.3 Å². The van der Waals surface area contributed by atoms with E-state index in [-0.39, 0.29) is 23.3 Å². The van der Waals surface area contributed by atoms with Gasteiger partial charge in [-0.2, -0.15) is 8.78 Å². The van der Waals surface area contributed by atoms with Crippen molar-refractivity contribution >= 4 is 11.6 Å². The maximum atomic E-state index is 12.4. The fraction of sp³-hybridized carbons (Fsp3) is 0.600. The Balaban J connectivity index is 2.02. The molecular formula is C15H20ClF2NO2. The van der Waals surface area contributed by atoms with E-state index in [4.69, 9.17) is 16.3 Å². The van der Waals surface area contributed by atoms with Crippen molar-refractivity contribution in [3.63, 3.8) is 0 Å². The summed E-state index contributed by atoms with van der Waals surface area (Å²) in [5.41, 5.74) is 0.635. The van der Waals surface area contributed by atoms with E-state index in [1.165, 1.54) is 12.1 Å². The second kappa shape index (κ2) is 6.46. The van der Waals surface area contributed by atoms with Crippen LogP contribution < -0.4 is 10.1 Å². The predicted molar refractivity (Wildman–Crippen MR) is 77.9 cm³/mol. The number of hydrogen-bond donors (Lipinski definition) is 1. The van der Waals surface area contributed by atoms with Crippen LogP contribution in [0.25, 0.3) is 0 Å². The molecule has 6 heteroatoms. The zero-order chi connectivity index (χ0) is 15.6. The summed E-state index contributed by atoms with van der Waals surface area (Å²) in [4.78, 5) is 0. The van der Waals surface area contributed by atoms with Crippen molar-refractivity contribution in [2.24, 2.45) is 5.41 Å². The third-order valence-electron chi connectivity index (χ3n) is 4.24. The van der Waals surface area contributed by atoms with Crippen LogP contribution in [0.1, 0.15) is 25.8 Å². The molecule has 21 heavy (non-hydrogen) atoms. The molecule has 1 fully saturated rings. The van der Waals surface area contributed by atoms with E-state index >= 15 is 0 Å². The summed E-state index contributed by atoms with van der Waals surface area (Å²) in [6, 6.07) is 4.92. The molecule has 0 spiro atoms. The Morgan fingerprint density at radius 3 is 2.71 bits per heavy atom. The Hall–Kier alpha value is -0.910. The van der Waals surface area contributed by atoms with Gasteiger partial charge in [-0.05, 0) is 24.6 Å². The number of nitrogens with one attached hydrogen (secondary N) is 1. The SMILES string of the molecule is COC1CC(NCc2cc(Cl)ccc2OC(F)F)C1(C)C. The van der Waals surface area contributed by atoms with E-state index in [2.05, 4.69) is 23.9 Å². The minimum Gasteiger partial charge on any atom is -0.434 e. The number of ether oxygens (including phenoxy) is 2. The second-order valence-electron chi connectivity index (χ2n) is 5.85. The fourth-order valence-electron chi connectivity index (χ4n) is 2.76. The molecule has 0 aliphatic heterocycles. The molecule has 118 valence electrons. The molecule has 0 saturated heterocycles. The Kier molecular flexibility index (Phi) is 5.07. The van der Waals surface area contributed by atoms with Gasteiger partial charge in [0.25, 0.3) is 0 Å². The van der Waals surface area contributed by atoms with Gasteiger partial charge in [0, 0.05) is 35.7 Å². The Morgan fingerprint density at radius 1 is 1.43 bits per heavy atom. The highest BCUT2D eigenvalue weighted by molar-refractivity contribution is 6.30. The normalized spacial score (nSPS) is 24.0. The molecule has 0 radical (unpaired) electrons. The lowest BCUT2D eigenvalue weighted by Crippen LogP contribution is -2.60. The minimum atomic E-state index is -2.84. The Labute approximate surface area is 128 Å². The summed E-state index contributed by atoms with van der Waals surface area (Å²) < 4.78 is 34.7. The summed E-state index contributed by atoms with van der Waals surface area (Å²) >= 11 is 5.93. The van der Waals surface area contributed by atoms with Crippen LogP contribution in [0.5, 0.6) is 5.75 Å². The van der Waals surface area contributed by atoms with Gasteiger partial charge in [0.1, 0.15) is 5.75 Å². The highest BCUT2D eigenvalue weighted by Gasteiger charge is 2.48. The van der Waals surface area contributed by atoms with E-state index in [1.807, 2.05) is 0 Å². The van der Waals surface area contributed by atoms with Gasteiger partial charge in [-0.3, -0.25) is 0 Å². The summed E-state index contributed by atoms with van der Waals surface area (Å²) in [7, 11) is 1.70. The first-order valence-corrected chi connectivity index (χ1v) is 7.21. The number of benzene rings is 1. The molecule has 0 bridgehead atoms. The molecule has 0 heterocycles. The molecule has 1 saturated carbocycles. The quantitative estimate of drug-likeness (QED) is 0.864. The number of hydrogen-bond acceptors (Lipinski definition) is 3. The first-order valence-electron chi connectivity index (χ1n) is 6.84. The van der Waals surface area contributed by atoms with Crippen molar-refractivity contribution in [1.29, 1.82) is 0 Å². The summed E-state index contributed by atoms with van der Waals surface area (Å²) in [6.45, 7) is 1.82. The zero-order valence-electron chi connectivity index (χ0n) is 12.3. The van der Waals surface area contributed by atoms with E-state index in [0.717, 1.165) is 6.42 Å². The van der Waals surface area contributed by atoms with Gasteiger partial charge in [-0.1, -0.05) is 25.4 Å². The molecule has 1 aromatic carbocycles. The second-order valence-corrected chi connectivity index (χ2v) is 6.28. The summed E-state index contributed by atoms with van der Waals surface area (Å²) in [6.07, 6.45) is 1.11. The average molecular weight is 320 g/mol. The van der Waals surface area contributed by atoms with Crippen LogP contribution in [0, 0.1) is 5.41 Å². The fourth-order valence-corrected chi connectivity index (χ4v) is 2.96. The van der Waals surface area contributed by atoms with Crippen molar-refractivity contribution in [1.82, 2.24) is 5.32 Å². The first-order chi connectivity index (χ1) is 9.84. The van der Waals surface area contributed by atoms with Crippen LogP contribution in [0.2, 0.25) is 5.02 Å². The molecule has 1 N–H and O–H groups in total. The van der Waals surface area contributed by atoms with Crippen molar-refractivity contribution in [3.8, 4) is 5.75 Å². The summed E-state index contributed by atoms with van der Waals surface area (Å²) in [5, 5.41) is 3.86. The van der Waals surface area contributed by atoms with E-state index in [1.54, 1.807) is 13.2 Å². The molecular weight excluding hydrogens is 300 g/mol. The minimum absolute atomic E-state index is 0.0110. The van der Waals surface area contributed by atoms with Gasteiger partial charge in [-0.25, -0.2) is 0 Å². The van der Waals surface area contributed by atoms with Gasteiger partial charge >= 0.3 is 6.61 Å². The first kappa shape index (κ1) is 16.5. The maximum absolute atomic E-state index is 12.4. The number of halogens is 3. The van der Waals surface area contributed by atoms with E-state index in [0.29, 0.717) is 17.1 Å². The van der Waals surface area contributed by atoms with Gasteiger partial charge in [-0.15, -0.1) is 0 Å². The molecule has 2 rings (SSSR count). The van der Waals surface area contributed by atoms with Crippen LogP contribution in [0.3, 0.4) is 0 Å². The maximum Gasteiger partial charge on any atom is 0.387 e. The predicted octanol–water partition coefficient (Wildman–Crippen LogP) is 3.84.